The zero-order chi connectivity index (χ0) is 8.91. The molecule has 0 saturated heterocycles. The summed E-state index contributed by atoms with van der Waals surface area (Å²) in [5.74, 6) is 0.255. The molecular weight excluding hydrogens is 190 g/mol. The van der Waals surface area contributed by atoms with Gasteiger partial charge in [-0.25, -0.2) is 4.57 Å². The van der Waals surface area contributed by atoms with Crippen molar-refractivity contribution < 1.29 is 17.7 Å². The van der Waals surface area contributed by atoms with E-state index in [1.165, 1.54) is 7.11 Å². The van der Waals surface area contributed by atoms with Gasteiger partial charge in [-0.15, -0.1) is 0 Å². The predicted octanol–water partition coefficient (Wildman–Crippen LogP) is 2.58. The molecule has 0 saturated carbocycles. The Morgan fingerprint density at radius 2 is 2.09 bits per heavy atom. The molecule has 0 fully saturated rings. The van der Waals surface area contributed by atoms with Crippen LogP contribution in [0.2, 0.25) is 0 Å². The highest BCUT2D eigenvalue weighted by Crippen LogP contribution is 2.49. The number of rotatable bonds is 5. The monoisotopic (exact) mass is 202 g/mol. The second kappa shape index (κ2) is 5.12. The minimum absolute atomic E-state index is 0.255. The van der Waals surface area contributed by atoms with Gasteiger partial charge in [-0.2, -0.15) is 4.08 Å². The molecule has 11 heavy (non-hydrogen) atoms. The average Bonchev–Trinajstić information content (AvgIpc) is 2.00. The summed E-state index contributed by atoms with van der Waals surface area (Å²) in [7, 11) is -2.26. The van der Waals surface area contributed by atoms with E-state index in [4.69, 9.17) is 16.4 Å². The van der Waals surface area contributed by atoms with E-state index in [1.54, 1.807) is 0 Å². The van der Waals surface area contributed by atoms with Gasteiger partial charge < -0.3 is 0 Å². The molecule has 0 bridgehead atoms. The van der Waals surface area contributed by atoms with Gasteiger partial charge >= 0.3 is 7.82 Å². The Morgan fingerprint density at radius 1 is 1.55 bits per heavy atom. The summed E-state index contributed by atoms with van der Waals surface area (Å²) in [4.78, 5) is 0. The maximum atomic E-state index is 11.1. The maximum absolute atomic E-state index is 11.1. The summed E-state index contributed by atoms with van der Waals surface area (Å²) in [5, 5.41) is 0. The Hall–Kier alpha value is 0.400. The first-order chi connectivity index (χ1) is 5.04. The van der Waals surface area contributed by atoms with Crippen LogP contribution in [0.3, 0.4) is 0 Å². The van der Waals surface area contributed by atoms with Crippen molar-refractivity contribution in [1.29, 1.82) is 0 Å². The van der Waals surface area contributed by atoms with Crippen LogP contribution in [-0.4, -0.2) is 13.7 Å². The first-order valence-electron chi connectivity index (χ1n) is 3.14. The van der Waals surface area contributed by atoms with Crippen molar-refractivity contribution in [3.05, 3.63) is 0 Å². The lowest BCUT2D eigenvalue weighted by Gasteiger charge is -2.12. The Bertz CT molecular complexity index is 141. The van der Waals surface area contributed by atoms with Crippen molar-refractivity contribution in [2.24, 2.45) is 5.92 Å². The highest BCUT2D eigenvalue weighted by molar-refractivity contribution is 7.49. The molecule has 0 spiro atoms. The zero-order valence-corrected chi connectivity index (χ0v) is 8.39. The molecule has 6 heteroatoms. The number of phosphoric acid groups is 1. The van der Waals surface area contributed by atoms with Crippen molar-refractivity contribution in [2.45, 2.75) is 13.8 Å². The second-order valence-corrected chi connectivity index (χ2v) is 4.46. The zero-order valence-electron chi connectivity index (χ0n) is 6.74. The van der Waals surface area contributed by atoms with Crippen LogP contribution in [0.4, 0.5) is 0 Å². The average molecular weight is 203 g/mol. The quantitative estimate of drug-likeness (QED) is 0.643. The molecule has 0 aromatic heterocycles. The predicted molar refractivity (Wildman–Crippen MR) is 42.3 cm³/mol. The van der Waals surface area contributed by atoms with Crippen molar-refractivity contribution in [3.63, 3.8) is 0 Å². The van der Waals surface area contributed by atoms with Gasteiger partial charge in [0.2, 0.25) is 0 Å². The smallest absolute Gasteiger partial charge is 0.289 e. The lowest BCUT2D eigenvalue weighted by atomic mass is 10.2. The topological polar surface area (TPSA) is 44.8 Å². The second-order valence-electron chi connectivity index (χ2n) is 2.39. The minimum atomic E-state index is -3.47. The van der Waals surface area contributed by atoms with E-state index >= 15 is 0 Å². The Balaban J connectivity index is 3.79. The van der Waals surface area contributed by atoms with E-state index < -0.39 is 7.82 Å². The molecule has 0 aromatic carbocycles. The van der Waals surface area contributed by atoms with Crippen molar-refractivity contribution in [3.8, 4) is 0 Å². The van der Waals surface area contributed by atoms with E-state index in [2.05, 4.69) is 8.60 Å². The third-order valence-corrected chi connectivity index (χ3v) is 2.46. The van der Waals surface area contributed by atoms with E-state index in [9.17, 15) is 4.57 Å². The SMILES string of the molecule is COP(=O)(OCl)OCC(C)C. The molecule has 4 nitrogen and oxygen atoms in total. The van der Waals surface area contributed by atoms with E-state index in [0.29, 0.717) is 0 Å². The molecule has 0 amide bonds. The number of hydrogen-bond donors (Lipinski definition) is 0. The summed E-state index contributed by atoms with van der Waals surface area (Å²) < 4.78 is 24.3. The van der Waals surface area contributed by atoms with Crippen LogP contribution in [0.5, 0.6) is 0 Å². The summed E-state index contributed by atoms with van der Waals surface area (Å²) in [6, 6.07) is 0. The number of phosphoric ester groups is 1. The van der Waals surface area contributed by atoms with Gasteiger partial charge in [0.15, 0.2) is 0 Å². The Morgan fingerprint density at radius 3 is 2.36 bits per heavy atom. The lowest BCUT2D eigenvalue weighted by molar-refractivity contribution is 0.167. The fourth-order valence-electron chi connectivity index (χ4n) is 0.341. The summed E-state index contributed by atoms with van der Waals surface area (Å²) >= 11 is 4.88. The molecule has 0 aromatic rings. The Labute approximate surface area is 71.6 Å². The van der Waals surface area contributed by atoms with Crippen LogP contribution >= 0.6 is 19.7 Å². The molecule has 68 valence electrons. The highest BCUT2D eigenvalue weighted by atomic mass is 35.5. The van der Waals surface area contributed by atoms with Gasteiger partial charge in [-0.05, 0) is 5.92 Å². The molecule has 0 aliphatic rings. The first-order valence-corrected chi connectivity index (χ1v) is 4.91. The summed E-state index contributed by atoms with van der Waals surface area (Å²) in [6.45, 7) is 4.11. The van der Waals surface area contributed by atoms with Gasteiger partial charge in [0.1, 0.15) is 0 Å². The normalized spacial score (nSPS) is 16.8. The standard InChI is InChI=1S/C5H12ClO4P/c1-5(2)4-9-11(7,8-3)10-6/h5H,4H2,1-3H3. The van der Waals surface area contributed by atoms with Crippen LogP contribution in [0.25, 0.3) is 0 Å². The van der Waals surface area contributed by atoms with E-state index in [-0.39, 0.29) is 12.5 Å². The van der Waals surface area contributed by atoms with Crippen LogP contribution in [0.15, 0.2) is 0 Å². The van der Waals surface area contributed by atoms with Crippen molar-refractivity contribution in [2.75, 3.05) is 13.7 Å². The summed E-state index contributed by atoms with van der Waals surface area (Å²) in [6.07, 6.45) is 0. The van der Waals surface area contributed by atoms with Gasteiger partial charge in [-0.3, -0.25) is 9.05 Å². The maximum Gasteiger partial charge on any atom is 0.491 e. The molecular formula is C5H12ClO4P. The highest BCUT2D eigenvalue weighted by Gasteiger charge is 2.24. The largest absolute Gasteiger partial charge is 0.491 e. The lowest BCUT2D eigenvalue weighted by Crippen LogP contribution is -2.01. The fourth-order valence-corrected chi connectivity index (χ4v) is 1.31. The molecule has 1 atom stereocenters. The molecule has 0 heterocycles. The molecule has 0 N–H and O–H groups in total. The van der Waals surface area contributed by atoms with E-state index in [0.717, 1.165) is 0 Å². The fraction of sp³-hybridized carbons (Fsp3) is 1.00. The molecule has 0 aliphatic carbocycles. The van der Waals surface area contributed by atoms with Gasteiger partial charge in [0.25, 0.3) is 0 Å². The van der Waals surface area contributed by atoms with Crippen LogP contribution in [0.1, 0.15) is 13.8 Å². The third-order valence-electron chi connectivity index (χ3n) is 0.874. The van der Waals surface area contributed by atoms with Gasteiger partial charge in [-0.1, -0.05) is 13.8 Å². The van der Waals surface area contributed by atoms with Crippen LogP contribution in [-0.2, 0) is 17.7 Å². The molecule has 0 aliphatic heterocycles. The van der Waals surface area contributed by atoms with Crippen LogP contribution < -0.4 is 0 Å². The third kappa shape index (κ3) is 4.77. The Kier molecular flexibility index (Phi) is 5.30. The number of halogens is 1. The minimum Gasteiger partial charge on any atom is -0.289 e. The van der Waals surface area contributed by atoms with Gasteiger partial charge in [0, 0.05) is 7.11 Å². The van der Waals surface area contributed by atoms with Crippen molar-refractivity contribution in [1.82, 2.24) is 0 Å². The molecule has 0 radical (unpaired) electrons. The van der Waals surface area contributed by atoms with Crippen molar-refractivity contribution >= 4 is 19.7 Å². The van der Waals surface area contributed by atoms with Gasteiger partial charge in [0.05, 0.1) is 18.5 Å². The first kappa shape index (κ1) is 11.4. The summed E-state index contributed by atoms with van der Waals surface area (Å²) in [5.41, 5.74) is 0. The number of hydrogen-bond acceptors (Lipinski definition) is 4. The molecule has 0 rings (SSSR count). The van der Waals surface area contributed by atoms with Crippen LogP contribution in [0, 0.1) is 5.92 Å². The molecule has 1 unspecified atom stereocenters. The van der Waals surface area contributed by atoms with E-state index in [1.807, 2.05) is 13.8 Å².